The average molecular weight is 286 g/mol. The van der Waals surface area contributed by atoms with Crippen LogP contribution in [0.3, 0.4) is 0 Å². The highest BCUT2D eigenvalue weighted by Gasteiger charge is 2.22. The van der Waals surface area contributed by atoms with Crippen LogP contribution >= 0.6 is 0 Å². The molecular formula is C16H22N4O. The topological polar surface area (TPSA) is 72.9 Å². The molecule has 1 atom stereocenters. The van der Waals surface area contributed by atoms with Crippen molar-refractivity contribution in [2.24, 2.45) is 0 Å². The first-order chi connectivity index (χ1) is 10.1. The number of fused-ring (bicyclic) bond motifs is 1. The SMILES string of the molecule is CC(C(=O)NC1CCCCC1)n1ncc2ccc(N)cc21. The van der Waals surface area contributed by atoms with Crippen LogP contribution in [0, 0.1) is 0 Å². The van der Waals surface area contributed by atoms with E-state index >= 15 is 0 Å². The quantitative estimate of drug-likeness (QED) is 0.852. The van der Waals surface area contributed by atoms with Crippen LogP contribution in [0.15, 0.2) is 24.4 Å². The lowest BCUT2D eigenvalue weighted by Crippen LogP contribution is -2.40. The summed E-state index contributed by atoms with van der Waals surface area (Å²) in [5, 5.41) is 8.51. The van der Waals surface area contributed by atoms with Gasteiger partial charge in [-0.1, -0.05) is 19.3 Å². The predicted octanol–water partition coefficient (Wildman–Crippen LogP) is 2.63. The Balaban J connectivity index is 1.77. The zero-order valence-electron chi connectivity index (χ0n) is 12.4. The Morgan fingerprint density at radius 1 is 1.38 bits per heavy atom. The highest BCUT2D eigenvalue weighted by atomic mass is 16.2. The molecule has 0 bridgehead atoms. The van der Waals surface area contributed by atoms with E-state index in [1.165, 1.54) is 19.3 Å². The monoisotopic (exact) mass is 286 g/mol. The number of amides is 1. The number of carbonyl (C=O) groups is 1. The first-order valence-electron chi connectivity index (χ1n) is 7.68. The van der Waals surface area contributed by atoms with Crippen LogP contribution in [-0.4, -0.2) is 21.7 Å². The van der Waals surface area contributed by atoms with Crippen LogP contribution in [-0.2, 0) is 4.79 Å². The molecule has 0 saturated heterocycles. The molecule has 21 heavy (non-hydrogen) atoms. The second kappa shape index (κ2) is 5.76. The fourth-order valence-corrected chi connectivity index (χ4v) is 3.04. The molecule has 112 valence electrons. The number of nitrogens with two attached hydrogens (primary N) is 1. The molecule has 0 radical (unpaired) electrons. The Kier molecular flexibility index (Phi) is 3.82. The van der Waals surface area contributed by atoms with E-state index in [4.69, 9.17) is 5.73 Å². The van der Waals surface area contributed by atoms with E-state index in [1.54, 1.807) is 10.9 Å². The maximum absolute atomic E-state index is 12.4. The van der Waals surface area contributed by atoms with E-state index < -0.39 is 0 Å². The number of benzene rings is 1. The van der Waals surface area contributed by atoms with Crippen LogP contribution in [0.4, 0.5) is 5.69 Å². The normalized spacial score (nSPS) is 17.8. The van der Waals surface area contributed by atoms with Gasteiger partial charge in [-0.25, -0.2) is 0 Å². The van der Waals surface area contributed by atoms with Gasteiger partial charge in [0.25, 0.3) is 0 Å². The van der Waals surface area contributed by atoms with Gasteiger partial charge < -0.3 is 11.1 Å². The van der Waals surface area contributed by atoms with Crippen LogP contribution in [0.2, 0.25) is 0 Å². The van der Waals surface area contributed by atoms with E-state index in [2.05, 4.69) is 10.4 Å². The summed E-state index contributed by atoms with van der Waals surface area (Å²) in [4.78, 5) is 12.4. The van der Waals surface area contributed by atoms with Gasteiger partial charge in [0.1, 0.15) is 6.04 Å². The number of carbonyl (C=O) groups excluding carboxylic acids is 1. The fourth-order valence-electron chi connectivity index (χ4n) is 3.04. The number of rotatable bonds is 3. The van der Waals surface area contributed by atoms with Crippen LogP contribution < -0.4 is 11.1 Å². The molecular weight excluding hydrogens is 264 g/mol. The molecule has 1 heterocycles. The summed E-state index contributed by atoms with van der Waals surface area (Å²) in [6, 6.07) is 5.64. The van der Waals surface area contributed by atoms with Crippen LogP contribution in [0.25, 0.3) is 10.9 Å². The van der Waals surface area contributed by atoms with Crippen molar-refractivity contribution in [3.8, 4) is 0 Å². The Morgan fingerprint density at radius 3 is 2.90 bits per heavy atom. The predicted molar refractivity (Wildman–Crippen MR) is 83.9 cm³/mol. The summed E-state index contributed by atoms with van der Waals surface area (Å²) in [6.45, 7) is 1.88. The second-order valence-corrected chi connectivity index (χ2v) is 5.93. The summed E-state index contributed by atoms with van der Waals surface area (Å²) in [6.07, 6.45) is 7.65. The Morgan fingerprint density at radius 2 is 2.14 bits per heavy atom. The van der Waals surface area contributed by atoms with E-state index in [9.17, 15) is 4.79 Å². The lowest BCUT2D eigenvalue weighted by atomic mass is 9.95. The molecule has 2 aromatic rings. The summed E-state index contributed by atoms with van der Waals surface area (Å²) < 4.78 is 1.75. The number of anilines is 1. The molecule has 1 saturated carbocycles. The minimum absolute atomic E-state index is 0.0364. The molecule has 3 rings (SSSR count). The van der Waals surface area contributed by atoms with Crippen molar-refractivity contribution < 1.29 is 4.79 Å². The molecule has 1 unspecified atom stereocenters. The van der Waals surface area contributed by atoms with E-state index in [-0.39, 0.29) is 11.9 Å². The Hall–Kier alpha value is -2.04. The summed E-state index contributed by atoms with van der Waals surface area (Å²) in [7, 11) is 0. The van der Waals surface area contributed by atoms with Gasteiger partial charge in [0.05, 0.1) is 11.7 Å². The number of hydrogen-bond acceptors (Lipinski definition) is 3. The van der Waals surface area contributed by atoms with E-state index in [1.807, 2.05) is 25.1 Å². The van der Waals surface area contributed by atoms with Gasteiger partial charge in [-0.2, -0.15) is 5.10 Å². The largest absolute Gasteiger partial charge is 0.399 e. The molecule has 1 aliphatic carbocycles. The van der Waals surface area contributed by atoms with Crippen molar-refractivity contribution >= 4 is 22.5 Å². The molecule has 1 amide bonds. The van der Waals surface area contributed by atoms with Crippen molar-refractivity contribution in [2.45, 2.75) is 51.1 Å². The standard InChI is InChI=1S/C16H22N4O/c1-11(16(21)19-14-5-3-2-4-6-14)20-15-9-13(17)8-7-12(15)10-18-20/h7-11,14H,2-6,17H2,1H3,(H,19,21). The zero-order valence-corrected chi connectivity index (χ0v) is 12.4. The Bertz CT molecular complexity index is 643. The van der Waals surface area contributed by atoms with Gasteiger partial charge in [0.15, 0.2) is 0 Å². The fraction of sp³-hybridized carbons (Fsp3) is 0.500. The number of aromatic nitrogens is 2. The lowest BCUT2D eigenvalue weighted by molar-refractivity contribution is -0.124. The number of nitrogen functional groups attached to an aromatic ring is 1. The third kappa shape index (κ3) is 2.86. The molecule has 1 fully saturated rings. The van der Waals surface area contributed by atoms with Gasteiger partial charge in [-0.15, -0.1) is 0 Å². The maximum Gasteiger partial charge on any atom is 0.244 e. The minimum Gasteiger partial charge on any atom is -0.399 e. The summed E-state index contributed by atoms with van der Waals surface area (Å²) in [5.41, 5.74) is 7.42. The minimum atomic E-state index is -0.328. The van der Waals surface area contributed by atoms with Crippen molar-refractivity contribution in [3.63, 3.8) is 0 Å². The second-order valence-electron chi connectivity index (χ2n) is 5.93. The van der Waals surface area contributed by atoms with Crippen molar-refractivity contribution in [2.75, 3.05) is 5.73 Å². The zero-order chi connectivity index (χ0) is 14.8. The molecule has 0 spiro atoms. The molecule has 5 heteroatoms. The van der Waals surface area contributed by atoms with Gasteiger partial charge in [0.2, 0.25) is 5.91 Å². The number of nitrogens with zero attached hydrogens (tertiary/aromatic N) is 2. The van der Waals surface area contributed by atoms with Gasteiger partial charge >= 0.3 is 0 Å². The van der Waals surface area contributed by atoms with Gasteiger partial charge in [-0.3, -0.25) is 9.48 Å². The molecule has 1 aromatic carbocycles. The van der Waals surface area contributed by atoms with Crippen molar-refractivity contribution in [3.05, 3.63) is 24.4 Å². The first kappa shape index (κ1) is 13.9. The third-order valence-electron chi connectivity index (χ3n) is 4.32. The highest BCUT2D eigenvalue weighted by Crippen LogP contribution is 2.22. The number of hydrogen-bond donors (Lipinski definition) is 2. The van der Waals surface area contributed by atoms with E-state index in [0.29, 0.717) is 11.7 Å². The van der Waals surface area contributed by atoms with Gasteiger partial charge in [0, 0.05) is 17.1 Å². The lowest BCUT2D eigenvalue weighted by Gasteiger charge is -2.24. The molecule has 3 N–H and O–H groups in total. The van der Waals surface area contributed by atoms with Crippen LogP contribution in [0.5, 0.6) is 0 Å². The maximum atomic E-state index is 12.4. The molecule has 0 aliphatic heterocycles. The molecule has 1 aliphatic rings. The molecule has 5 nitrogen and oxygen atoms in total. The highest BCUT2D eigenvalue weighted by molar-refractivity contribution is 5.86. The summed E-state index contributed by atoms with van der Waals surface area (Å²) >= 11 is 0. The third-order valence-corrected chi connectivity index (χ3v) is 4.32. The van der Waals surface area contributed by atoms with E-state index in [0.717, 1.165) is 23.7 Å². The number of nitrogens with one attached hydrogen (secondary N) is 1. The average Bonchev–Trinajstić information content (AvgIpc) is 2.90. The van der Waals surface area contributed by atoms with Gasteiger partial charge in [-0.05, 0) is 38.0 Å². The van der Waals surface area contributed by atoms with Crippen LogP contribution in [0.1, 0.15) is 45.1 Å². The van der Waals surface area contributed by atoms with Crippen molar-refractivity contribution in [1.29, 1.82) is 0 Å². The first-order valence-corrected chi connectivity index (χ1v) is 7.68. The van der Waals surface area contributed by atoms with Crippen molar-refractivity contribution in [1.82, 2.24) is 15.1 Å². The molecule has 1 aromatic heterocycles. The smallest absolute Gasteiger partial charge is 0.244 e. The Labute approximate surface area is 124 Å². The summed E-state index contributed by atoms with van der Waals surface area (Å²) in [5.74, 6) is 0.0364.